The molecular weight excluding hydrogens is 319 g/mol. The number of ketones is 1. The van der Waals surface area contributed by atoms with Crippen molar-refractivity contribution in [3.05, 3.63) is 63.1 Å². The van der Waals surface area contributed by atoms with Gasteiger partial charge in [-0.05, 0) is 61.6 Å². The van der Waals surface area contributed by atoms with Crippen molar-refractivity contribution in [3.8, 4) is 5.75 Å². The van der Waals surface area contributed by atoms with E-state index in [1.165, 1.54) is 17.5 Å². The Morgan fingerprint density at radius 2 is 1.86 bits per heavy atom. The third-order valence-corrected chi connectivity index (χ3v) is 4.48. The summed E-state index contributed by atoms with van der Waals surface area (Å²) in [5.74, 6) is 0.425. The van der Waals surface area contributed by atoms with Gasteiger partial charge in [-0.15, -0.1) is 0 Å². The van der Waals surface area contributed by atoms with Gasteiger partial charge in [-0.2, -0.15) is 0 Å². The average Bonchev–Trinajstić information content (AvgIpc) is 2.96. The monoisotopic (exact) mass is 334 g/mol. The average molecular weight is 335 g/mol. The van der Waals surface area contributed by atoms with Crippen molar-refractivity contribution in [2.24, 2.45) is 0 Å². The summed E-state index contributed by atoms with van der Waals surface area (Å²) in [7, 11) is 0. The summed E-state index contributed by atoms with van der Waals surface area (Å²) >= 11 is 11.9. The van der Waals surface area contributed by atoms with Crippen LogP contribution in [0.25, 0.3) is 0 Å². The third kappa shape index (κ3) is 3.13. The number of carbonyl (C=O) groups excluding carboxylic acids is 1. The van der Waals surface area contributed by atoms with Crippen LogP contribution in [0.3, 0.4) is 0 Å². The van der Waals surface area contributed by atoms with Crippen LogP contribution in [-0.4, -0.2) is 11.9 Å². The smallest absolute Gasteiger partial charge is 0.203 e. The van der Waals surface area contributed by atoms with Gasteiger partial charge >= 0.3 is 0 Å². The molecule has 22 heavy (non-hydrogen) atoms. The standard InChI is InChI=1S/C18H16Cl2O2/c1-11(22-17-8-7-15(19)10-16(17)20)18(21)14-6-5-12-3-2-4-13(12)9-14/h5-11H,2-4H2,1H3/t11-/m1/s1. The van der Waals surface area contributed by atoms with Crippen LogP contribution < -0.4 is 4.74 Å². The Morgan fingerprint density at radius 1 is 1.09 bits per heavy atom. The maximum Gasteiger partial charge on any atom is 0.203 e. The second kappa shape index (κ2) is 6.31. The van der Waals surface area contributed by atoms with Crippen LogP contribution in [0.5, 0.6) is 5.75 Å². The summed E-state index contributed by atoms with van der Waals surface area (Å²) < 4.78 is 5.70. The molecule has 1 aliphatic carbocycles. The van der Waals surface area contributed by atoms with Gasteiger partial charge in [0.1, 0.15) is 5.75 Å². The van der Waals surface area contributed by atoms with Gasteiger partial charge in [-0.1, -0.05) is 35.3 Å². The molecule has 4 heteroatoms. The molecule has 0 aliphatic heterocycles. The van der Waals surface area contributed by atoms with Crippen LogP contribution in [0.1, 0.15) is 34.8 Å². The number of benzene rings is 2. The van der Waals surface area contributed by atoms with Crippen LogP contribution in [0.2, 0.25) is 10.0 Å². The molecule has 0 unspecified atom stereocenters. The quantitative estimate of drug-likeness (QED) is 0.724. The van der Waals surface area contributed by atoms with Gasteiger partial charge in [0, 0.05) is 10.6 Å². The molecular formula is C18H16Cl2O2. The molecule has 2 aromatic carbocycles. The number of aryl methyl sites for hydroxylation is 2. The van der Waals surface area contributed by atoms with E-state index >= 15 is 0 Å². The predicted molar refractivity (Wildman–Crippen MR) is 89.3 cm³/mol. The van der Waals surface area contributed by atoms with Crippen LogP contribution in [0.15, 0.2) is 36.4 Å². The number of halogens is 2. The Bertz CT molecular complexity index is 725. The Morgan fingerprint density at radius 3 is 2.64 bits per heavy atom. The maximum absolute atomic E-state index is 12.5. The van der Waals surface area contributed by atoms with Crippen molar-refractivity contribution in [3.63, 3.8) is 0 Å². The molecule has 0 bridgehead atoms. The molecule has 0 radical (unpaired) electrons. The maximum atomic E-state index is 12.5. The predicted octanol–water partition coefficient (Wildman–Crippen LogP) is 5.13. The lowest BCUT2D eigenvalue weighted by atomic mass is 10.0. The molecule has 114 valence electrons. The molecule has 1 aliphatic rings. The van der Waals surface area contributed by atoms with Crippen molar-refractivity contribution >= 4 is 29.0 Å². The largest absolute Gasteiger partial charge is 0.481 e. The highest BCUT2D eigenvalue weighted by Crippen LogP contribution is 2.29. The van der Waals surface area contributed by atoms with Crippen molar-refractivity contribution < 1.29 is 9.53 Å². The minimum atomic E-state index is -0.599. The molecule has 0 aromatic heterocycles. The number of hydrogen-bond donors (Lipinski definition) is 0. The molecule has 0 amide bonds. The number of ether oxygens (including phenoxy) is 1. The summed E-state index contributed by atoms with van der Waals surface area (Å²) in [5, 5.41) is 0.941. The Labute approximate surface area is 140 Å². The molecule has 3 rings (SSSR count). The number of fused-ring (bicyclic) bond motifs is 1. The number of carbonyl (C=O) groups is 1. The van der Waals surface area contributed by atoms with Crippen LogP contribution in [0.4, 0.5) is 0 Å². The minimum absolute atomic E-state index is 0.0410. The van der Waals surface area contributed by atoms with Gasteiger partial charge in [0.2, 0.25) is 5.78 Å². The van der Waals surface area contributed by atoms with Gasteiger partial charge in [0.15, 0.2) is 6.10 Å². The normalized spacial score (nSPS) is 14.5. The fraction of sp³-hybridized carbons (Fsp3) is 0.278. The molecule has 2 aromatic rings. The Hall–Kier alpha value is -1.51. The van der Waals surface area contributed by atoms with Crippen molar-refractivity contribution in [1.82, 2.24) is 0 Å². The minimum Gasteiger partial charge on any atom is -0.481 e. The zero-order chi connectivity index (χ0) is 15.7. The molecule has 2 nitrogen and oxygen atoms in total. The first-order valence-electron chi connectivity index (χ1n) is 7.32. The summed E-state index contributed by atoms with van der Waals surface area (Å²) in [6.07, 6.45) is 2.72. The molecule has 1 atom stereocenters. The lowest BCUT2D eigenvalue weighted by Crippen LogP contribution is -2.24. The van der Waals surface area contributed by atoms with Gasteiger partial charge < -0.3 is 4.74 Å². The fourth-order valence-corrected chi connectivity index (χ4v) is 3.23. The molecule has 0 fully saturated rings. The van der Waals surface area contributed by atoms with E-state index in [1.807, 2.05) is 12.1 Å². The number of rotatable bonds is 4. The molecule has 0 N–H and O–H groups in total. The first kappa shape index (κ1) is 15.4. The fourth-order valence-electron chi connectivity index (χ4n) is 2.77. The van der Waals surface area contributed by atoms with Crippen molar-refractivity contribution in [2.75, 3.05) is 0 Å². The van der Waals surface area contributed by atoms with Crippen molar-refractivity contribution in [2.45, 2.75) is 32.3 Å². The van der Waals surface area contributed by atoms with E-state index in [0.29, 0.717) is 21.4 Å². The van der Waals surface area contributed by atoms with Crippen molar-refractivity contribution in [1.29, 1.82) is 0 Å². The van der Waals surface area contributed by atoms with E-state index < -0.39 is 6.10 Å². The third-order valence-electron chi connectivity index (χ3n) is 3.95. The zero-order valence-electron chi connectivity index (χ0n) is 12.2. The summed E-state index contributed by atoms with van der Waals surface area (Å²) in [4.78, 5) is 12.5. The lowest BCUT2D eigenvalue weighted by Gasteiger charge is -2.15. The number of hydrogen-bond acceptors (Lipinski definition) is 2. The highest BCUT2D eigenvalue weighted by atomic mass is 35.5. The lowest BCUT2D eigenvalue weighted by molar-refractivity contribution is 0.0818. The van der Waals surface area contributed by atoms with Crippen LogP contribution >= 0.6 is 23.2 Å². The van der Waals surface area contributed by atoms with E-state index in [2.05, 4.69) is 6.07 Å². The highest BCUT2D eigenvalue weighted by Gasteiger charge is 2.20. The van der Waals surface area contributed by atoms with E-state index in [1.54, 1.807) is 25.1 Å². The molecule has 0 heterocycles. The molecule has 0 saturated heterocycles. The zero-order valence-corrected chi connectivity index (χ0v) is 13.7. The number of Topliss-reactive ketones (excluding diaryl/α,β-unsaturated/α-hetero) is 1. The first-order chi connectivity index (χ1) is 10.5. The van der Waals surface area contributed by atoms with Gasteiger partial charge in [0.25, 0.3) is 0 Å². The second-order valence-electron chi connectivity index (χ2n) is 5.54. The van der Waals surface area contributed by atoms with Crippen LogP contribution in [-0.2, 0) is 12.8 Å². The first-order valence-corrected chi connectivity index (χ1v) is 8.08. The van der Waals surface area contributed by atoms with Gasteiger partial charge in [-0.3, -0.25) is 4.79 Å². The summed E-state index contributed by atoms with van der Waals surface area (Å²) in [5.41, 5.74) is 3.33. The van der Waals surface area contributed by atoms with Gasteiger partial charge in [-0.25, -0.2) is 0 Å². The topological polar surface area (TPSA) is 26.3 Å². The molecule has 0 saturated carbocycles. The second-order valence-corrected chi connectivity index (χ2v) is 6.38. The van der Waals surface area contributed by atoms with E-state index in [4.69, 9.17) is 27.9 Å². The Balaban J connectivity index is 1.77. The highest BCUT2D eigenvalue weighted by molar-refractivity contribution is 6.35. The summed E-state index contributed by atoms with van der Waals surface area (Å²) in [6, 6.07) is 10.9. The van der Waals surface area contributed by atoms with Crippen LogP contribution in [0, 0.1) is 0 Å². The SMILES string of the molecule is C[C@@H](Oc1ccc(Cl)cc1Cl)C(=O)c1ccc2c(c1)CCC2. The van der Waals surface area contributed by atoms with E-state index in [9.17, 15) is 4.79 Å². The van der Waals surface area contributed by atoms with E-state index in [-0.39, 0.29) is 5.78 Å². The Kier molecular flexibility index (Phi) is 4.42. The van der Waals surface area contributed by atoms with Gasteiger partial charge in [0.05, 0.1) is 5.02 Å². The molecule has 0 spiro atoms. The van der Waals surface area contributed by atoms with E-state index in [0.717, 1.165) is 12.8 Å². The summed E-state index contributed by atoms with van der Waals surface area (Å²) in [6.45, 7) is 1.74.